The summed E-state index contributed by atoms with van der Waals surface area (Å²) in [5.41, 5.74) is 0.963. The van der Waals surface area contributed by atoms with Crippen LogP contribution in [0.25, 0.3) is 0 Å². The molecule has 0 bridgehead atoms. The SMILES string of the molecule is CCC1(CC)CCN(C2CC(C(C)(C)C)CCC2O)CC1. The Morgan fingerprint density at radius 2 is 1.62 bits per heavy atom. The molecule has 0 spiro atoms. The monoisotopic (exact) mass is 295 g/mol. The smallest absolute Gasteiger partial charge is 0.0695 e. The molecule has 1 aliphatic heterocycles. The third-order valence-electron chi connectivity index (χ3n) is 6.83. The lowest BCUT2D eigenvalue weighted by Gasteiger charge is -2.49. The molecule has 21 heavy (non-hydrogen) atoms. The molecule has 0 aromatic heterocycles. The lowest BCUT2D eigenvalue weighted by Crippen LogP contribution is -2.53. The molecule has 1 saturated heterocycles. The summed E-state index contributed by atoms with van der Waals surface area (Å²) >= 11 is 0. The predicted octanol–water partition coefficient (Wildman–Crippen LogP) is 4.46. The van der Waals surface area contributed by atoms with E-state index in [4.69, 9.17) is 0 Å². The maximum Gasteiger partial charge on any atom is 0.0695 e. The lowest BCUT2D eigenvalue weighted by atomic mass is 9.69. The fraction of sp³-hybridized carbons (Fsp3) is 1.00. The van der Waals surface area contributed by atoms with Gasteiger partial charge in [0.05, 0.1) is 6.10 Å². The zero-order chi connectivity index (χ0) is 15.7. The van der Waals surface area contributed by atoms with E-state index in [0.29, 0.717) is 16.9 Å². The van der Waals surface area contributed by atoms with Crippen molar-refractivity contribution in [2.45, 2.75) is 91.7 Å². The van der Waals surface area contributed by atoms with Gasteiger partial charge in [0.15, 0.2) is 0 Å². The van der Waals surface area contributed by atoms with Gasteiger partial charge in [0.25, 0.3) is 0 Å². The standard InChI is InChI=1S/C19H37NO/c1-6-19(7-2)10-12-20(13-11-19)16-14-15(18(3,4)5)8-9-17(16)21/h15-17,21H,6-14H2,1-5H3. The minimum Gasteiger partial charge on any atom is -0.391 e. The third kappa shape index (κ3) is 3.82. The summed E-state index contributed by atoms with van der Waals surface area (Å²) in [7, 11) is 0. The molecule has 1 N–H and O–H groups in total. The zero-order valence-corrected chi connectivity index (χ0v) is 15.0. The van der Waals surface area contributed by atoms with E-state index >= 15 is 0 Å². The first-order valence-corrected chi connectivity index (χ1v) is 9.23. The highest BCUT2D eigenvalue weighted by Crippen LogP contribution is 2.43. The highest BCUT2D eigenvalue weighted by Gasteiger charge is 2.40. The molecule has 0 amide bonds. The van der Waals surface area contributed by atoms with Crippen molar-refractivity contribution in [1.29, 1.82) is 0 Å². The average Bonchev–Trinajstić information content (AvgIpc) is 2.47. The summed E-state index contributed by atoms with van der Waals surface area (Å²) < 4.78 is 0. The maximum absolute atomic E-state index is 10.5. The first-order chi connectivity index (χ1) is 9.81. The highest BCUT2D eigenvalue weighted by atomic mass is 16.3. The van der Waals surface area contributed by atoms with Crippen molar-refractivity contribution in [3.05, 3.63) is 0 Å². The predicted molar refractivity (Wildman–Crippen MR) is 90.4 cm³/mol. The van der Waals surface area contributed by atoms with Crippen LogP contribution in [0, 0.1) is 16.7 Å². The second-order valence-corrected chi connectivity index (χ2v) is 8.75. The van der Waals surface area contributed by atoms with Crippen molar-refractivity contribution in [3.63, 3.8) is 0 Å². The van der Waals surface area contributed by atoms with Crippen molar-refractivity contribution in [1.82, 2.24) is 4.90 Å². The first kappa shape index (κ1) is 17.3. The molecule has 1 aliphatic carbocycles. The molecule has 0 aromatic carbocycles. The van der Waals surface area contributed by atoms with Crippen LogP contribution in [0.4, 0.5) is 0 Å². The molecule has 2 fully saturated rings. The maximum atomic E-state index is 10.5. The van der Waals surface area contributed by atoms with Crippen LogP contribution in [0.5, 0.6) is 0 Å². The van der Waals surface area contributed by atoms with Crippen LogP contribution in [0.1, 0.15) is 79.6 Å². The van der Waals surface area contributed by atoms with Gasteiger partial charge in [-0.3, -0.25) is 4.90 Å². The second kappa shape index (κ2) is 6.58. The molecular formula is C19H37NO. The van der Waals surface area contributed by atoms with Crippen molar-refractivity contribution >= 4 is 0 Å². The Morgan fingerprint density at radius 1 is 1.05 bits per heavy atom. The third-order valence-corrected chi connectivity index (χ3v) is 6.83. The van der Waals surface area contributed by atoms with Crippen molar-refractivity contribution in [2.75, 3.05) is 13.1 Å². The summed E-state index contributed by atoms with van der Waals surface area (Å²) in [6.07, 6.45) is 8.56. The number of rotatable bonds is 3. The molecule has 2 nitrogen and oxygen atoms in total. The van der Waals surface area contributed by atoms with E-state index < -0.39 is 0 Å². The molecule has 3 unspecified atom stereocenters. The summed E-state index contributed by atoms with van der Waals surface area (Å²) in [6, 6.07) is 0.412. The minimum absolute atomic E-state index is 0.0978. The summed E-state index contributed by atoms with van der Waals surface area (Å²) in [5.74, 6) is 0.759. The molecule has 124 valence electrons. The molecule has 2 aliphatic rings. The highest BCUT2D eigenvalue weighted by molar-refractivity contribution is 4.94. The van der Waals surface area contributed by atoms with E-state index in [1.165, 1.54) is 51.6 Å². The van der Waals surface area contributed by atoms with Gasteiger partial charge in [-0.2, -0.15) is 0 Å². The topological polar surface area (TPSA) is 23.5 Å². The minimum atomic E-state index is -0.0978. The summed E-state index contributed by atoms with van der Waals surface area (Å²) in [4.78, 5) is 2.62. The molecule has 2 rings (SSSR count). The fourth-order valence-corrected chi connectivity index (χ4v) is 4.60. The Kier molecular flexibility index (Phi) is 5.41. The van der Waals surface area contributed by atoms with Crippen molar-refractivity contribution in [2.24, 2.45) is 16.7 Å². The second-order valence-electron chi connectivity index (χ2n) is 8.75. The number of nitrogens with zero attached hydrogens (tertiary/aromatic N) is 1. The number of aliphatic hydroxyl groups excluding tert-OH is 1. The molecular weight excluding hydrogens is 258 g/mol. The van der Waals surface area contributed by atoms with E-state index in [1.54, 1.807) is 0 Å². The van der Waals surface area contributed by atoms with Crippen LogP contribution in [-0.4, -0.2) is 35.2 Å². The van der Waals surface area contributed by atoms with Crippen LogP contribution in [0.15, 0.2) is 0 Å². The lowest BCUT2D eigenvalue weighted by molar-refractivity contribution is -0.0403. The van der Waals surface area contributed by atoms with Gasteiger partial charge >= 0.3 is 0 Å². The van der Waals surface area contributed by atoms with E-state index in [2.05, 4.69) is 39.5 Å². The van der Waals surface area contributed by atoms with Gasteiger partial charge in [0.2, 0.25) is 0 Å². The first-order valence-electron chi connectivity index (χ1n) is 9.23. The molecule has 1 saturated carbocycles. The molecule has 2 heteroatoms. The van der Waals surface area contributed by atoms with Gasteiger partial charge in [0, 0.05) is 6.04 Å². The normalized spacial score (nSPS) is 34.9. The summed E-state index contributed by atoms with van der Waals surface area (Å²) in [6.45, 7) is 14.2. The van der Waals surface area contributed by atoms with Crippen molar-refractivity contribution in [3.8, 4) is 0 Å². The van der Waals surface area contributed by atoms with Crippen LogP contribution < -0.4 is 0 Å². The van der Waals surface area contributed by atoms with Gasteiger partial charge in [-0.1, -0.05) is 47.5 Å². The van der Waals surface area contributed by atoms with Gasteiger partial charge in [-0.05, 0) is 61.9 Å². The van der Waals surface area contributed by atoms with Crippen LogP contribution in [0.3, 0.4) is 0 Å². The fourth-order valence-electron chi connectivity index (χ4n) is 4.60. The number of hydrogen-bond acceptors (Lipinski definition) is 2. The van der Waals surface area contributed by atoms with Gasteiger partial charge in [-0.25, -0.2) is 0 Å². The Morgan fingerprint density at radius 3 is 2.10 bits per heavy atom. The van der Waals surface area contributed by atoms with Gasteiger partial charge in [0.1, 0.15) is 0 Å². The average molecular weight is 296 g/mol. The zero-order valence-electron chi connectivity index (χ0n) is 15.0. The molecule has 3 atom stereocenters. The van der Waals surface area contributed by atoms with E-state index in [9.17, 15) is 5.11 Å². The molecule has 0 aromatic rings. The Balaban J connectivity index is 1.98. The van der Waals surface area contributed by atoms with Crippen LogP contribution in [0.2, 0.25) is 0 Å². The quantitative estimate of drug-likeness (QED) is 0.830. The van der Waals surface area contributed by atoms with Gasteiger partial charge in [-0.15, -0.1) is 0 Å². The van der Waals surface area contributed by atoms with E-state index in [0.717, 1.165) is 12.3 Å². The van der Waals surface area contributed by atoms with Crippen LogP contribution >= 0.6 is 0 Å². The molecule has 0 radical (unpaired) electrons. The van der Waals surface area contributed by atoms with Crippen molar-refractivity contribution < 1.29 is 5.11 Å². The Bertz CT molecular complexity index is 319. The van der Waals surface area contributed by atoms with E-state index in [-0.39, 0.29) is 6.10 Å². The Hall–Kier alpha value is -0.0800. The number of piperidine rings is 1. The number of hydrogen-bond donors (Lipinski definition) is 1. The number of likely N-dealkylation sites (tertiary alicyclic amines) is 1. The largest absolute Gasteiger partial charge is 0.391 e. The molecule has 1 heterocycles. The Labute approximate surface area is 132 Å². The van der Waals surface area contributed by atoms with Gasteiger partial charge < -0.3 is 5.11 Å². The van der Waals surface area contributed by atoms with Crippen LogP contribution in [-0.2, 0) is 0 Å². The summed E-state index contributed by atoms with van der Waals surface area (Å²) in [5, 5.41) is 10.5. The number of aliphatic hydroxyl groups is 1. The van der Waals surface area contributed by atoms with E-state index in [1.807, 2.05) is 0 Å².